The third-order valence-corrected chi connectivity index (χ3v) is 1.26. The topological polar surface area (TPSA) is 50.4 Å². The summed E-state index contributed by atoms with van der Waals surface area (Å²) in [5, 5.41) is 5.41. The summed E-state index contributed by atoms with van der Waals surface area (Å²) in [5.74, 6) is -0.0556. The summed E-state index contributed by atoms with van der Waals surface area (Å²) in [6, 6.07) is 0. The zero-order valence-electron chi connectivity index (χ0n) is 5.31. The van der Waals surface area contributed by atoms with Gasteiger partial charge < -0.3 is 10.1 Å². The standard InChI is InChI=1S/C5H10N2O2/c1-6-5(8)4-2-7-3-9-4/h4,7H,2-3H2,1H3,(H,6,8). The maximum absolute atomic E-state index is 10.7. The predicted molar refractivity (Wildman–Crippen MR) is 31.8 cm³/mol. The number of ether oxygens (including phenoxy) is 1. The Morgan fingerprint density at radius 3 is 3.11 bits per heavy atom. The van der Waals surface area contributed by atoms with Gasteiger partial charge in [0.15, 0.2) is 0 Å². The van der Waals surface area contributed by atoms with Crippen LogP contribution in [-0.2, 0) is 9.53 Å². The summed E-state index contributed by atoms with van der Waals surface area (Å²) in [6.07, 6.45) is -0.282. The Morgan fingerprint density at radius 1 is 1.89 bits per heavy atom. The first-order valence-electron chi connectivity index (χ1n) is 2.88. The van der Waals surface area contributed by atoms with E-state index >= 15 is 0 Å². The van der Waals surface area contributed by atoms with Gasteiger partial charge in [0.2, 0.25) is 5.91 Å². The number of nitrogens with one attached hydrogen (secondary N) is 2. The van der Waals surface area contributed by atoms with Gasteiger partial charge in [-0.25, -0.2) is 0 Å². The van der Waals surface area contributed by atoms with Gasteiger partial charge in [-0.1, -0.05) is 0 Å². The van der Waals surface area contributed by atoms with Crippen LogP contribution in [0.1, 0.15) is 0 Å². The van der Waals surface area contributed by atoms with Crippen LogP contribution >= 0.6 is 0 Å². The fourth-order valence-corrected chi connectivity index (χ4v) is 0.738. The van der Waals surface area contributed by atoms with Gasteiger partial charge in [0.25, 0.3) is 0 Å². The van der Waals surface area contributed by atoms with Crippen molar-refractivity contribution in [2.75, 3.05) is 20.3 Å². The molecule has 1 amide bonds. The van der Waals surface area contributed by atoms with Crippen molar-refractivity contribution in [1.82, 2.24) is 10.6 Å². The van der Waals surface area contributed by atoms with Gasteiger partial charge in [0, 0.05) is 13.6 Å². The van der Waals surface area contributed by atoms with Crippen LogP contribution in [0.5, 0.6) is 0 Å². The van der Waals surface area contributed by atoms with E-state index in [0.717, 1.165) is 0 Å². The molecule has 2 N–H and O–H groups in total. The van der Waals surface area contributed by atoms with E-state index in [1.807, 2.05) is 0 Å². The fourth-order valence-electron chi connectivity index (χ4n) is 0.738. The number of amides is 1. The maximum Gasteiger partial charge on any atom is 0.250 e. The fraction of sp³-hybridized carbons (Fsp3) is 0.800. The first-order valence-corrected chi connectivity index (χ1v) is 2.88. The predicted octanol–water partition coefficient (Wildman–Crippen LogP) is -1.32. The van der Waals surface area contributed by atoms with Crippen LogP contribution in [0.25, 0.3) is 0 Å². The van der Waals surface area contributed by atoms with Crippen molar-refractivity contribution in [1.29, 1.82) is 0 Å². The van der Waals surface area contributed by atoms with Crippen LogP contribution < -0.4 is 10.6 Å². The highest BCUT2D eigenvalue weighted by Gasteiger charge is 2.21. The number of carbonyl (C=O) groups excluding carboxylic acids is 1. The van der Waals surface area contributed by atoms with E-state index in [2.05, 4.69) is 10.6 Å². The highest BCUT2D eigenvalue weighted by molar-refractivity contribution is 5.80. The van der Waals surface area contributed by atoms with Crippen molar-refractivity contribution in [3.05, 3.63) is 0 Å². The first-order chi connectivity index (χ1) is 4.34. The van der Waals surface area contributed by atoms with Crippen LogP contribution in [0.4, 0.5) is 0 Å². The van der Waals surface area contributed by atoms with Crippen molar-refractivity contribution in [3.63, 3.8) is 0 Å². The van der Waals surface area contributed by atoms with Crippen molar-refractivity contribution in [3.8, 4) is 0 Å². The average molecular weight is 130 g/mol. The molecule has 1 aliphatic rings. The van der Waals surface area contributed by atoms with Gasteiger partial charge in [-0.3, -0.25) is 10.1 Å². The highest BCUT2D eigenvalue weighted by Crippen LogP contribution is 1.94. The normalized spacial score (nSPS) is 26.1. The number of rotatable bonds is 1. The van der Waals surface area contributed by atoms with Gasteiger partial charge in [-0.2, -0.15) is 0 Å². The second-order valence-corrected chi connectivity index (χ2v) is 1.87. The van der Waals surface area contributed by atoms with E-state index in [4.69, 9.17) is 4.74 Å². The summed E-state index contributed by atoms with van der Waals surface area (Å²) in [5.41, 5.74) is 0. The van der Waals surface area contributed by atoms with E-state index in [-0.39, 0.29) is 12.0 Å². The molecule has 0 aromatic rings. The lowest BCUT2D eigenvalue weighted by atomic mass is 10.3. The van der Waals surface area contributed by atoms with Crippen LogP contribution in [-0.4, -0.2) is 32.3 Å². The number of hydrogen-bond donors (Lipinski definition) is 2. The molecule has 0 bridgehead atoms. The molecule has 52 valence electrons. The van der Waals surface area contributed by atoms with E-state index in [1.165, 1.54) is 0 Å². The van der Waals surface area contributed by atoms with E-state index in [1.54, 1.807) is 7.05 Å². The molecule has 1 heterocycles. The van der Waals surface area contributed by atoms with Crippen molar-refractivity contribution >= 4 is 5.91 Å². The Hall–Kier alpha value is -0.610. The van der Waals surface area contributed by atoms with Crippen LogP contribution in [0.3, 0.4) is 0 Å². The Labute approximate surface area is 53.6 Å². The van der Waals surface area contributed by atoms with Gasteiger partial charge in [-0.15, -0.1) is 0 Å². The van der Waals surface area contributed by atoms with Crippen molar-refractivity contribution in [2.45, 2.75) is 6.10 Å². The Bertz CT molecular complexity index is 110. The minimum atomic E-state index is -0.282. The van der Waals surface area contributed by atoms with Crippen molar-refractivity contribution in [2.24, 2.45) is 0 Å². The molecule has 0 spiro atoms. The molecular formula is C5H10N2O2. The summed E-state index contributed by atoms with van der Waals surface area (Å²) >= 11 is 0. The lowest BCUT2D eigenvalue weighted by Gasteiger charge is -2.03. The molecule has 1 aliphatic heterocycles. The monoisotopic (exact) mass is 130 g/mol. The third-order valence-electron chi connectivity index (χ3n) is 1.26. The Balaban J connectivity index is 2.32. The second kappa shape index (κ2) is 2.80. The molecule has 1 fully saturated rings. The first kappa shape index (κ1) is 6.51. The van der Waals surface area contributed by atoms with Crippen LogP contribution in [0.2, 0.25) is 0 Å². The SMILES string of the molecule is CNC(=O)C1CNCO1. The zero-order valence-corrected chi connectivity index (χ0v) is 5.31. The van der Waals surface area contributed by atoms with Crippen molar-refractivity contribution < 1.29 is 9.53 Å². The molecule has 4 nitrogen and oxygen atoms in total. The summed E-state index contributed by atoms with van der Waals surface area (Å²) < 4.78 is 4.98. The quantitative estimate of drug-likeness (QED) is 0.463. The Kier molecular flexibility index (Phi) is 2.02. The molecular weight excluding hydrogens is 120 g/mol. The number of carbonyl (C=O) groups is 1. The number of hydrogen-bond acceptors (Lipinski definition) is 3. The van der Waals surface area contributed by atoms with Gasteiger partial charge in [0.1, 0.15) is 6.10 Å². The maximum atomic E-state index is 10.7. The van der Waals surface area contributed by atoms with Crippen LogP contribution in [0.15, 0.2) is 0 Å². The summed E-state index contributed by atoms with van der Waals surface area (Å²) in [7, 11) is 1.60. The third kappa shape index (κ3) is 1.40. The zero-order chi connectivity index (χ0) is 6.69. The molecule has 0 radical (unpaired) electrons. The van der Waals surface area contributed by atoms with Gasteiger partial charge >= 0.3 is 0 Å². The minimum absolute atomic E-state index is 0.0556. The molecule has 1 unspecified atom stereocenters. The molecule has 1 saturated heterocycles. The molecule has 0 aromatic carbocycles. The van der Waals surface area contributed by atoms with E-state index in [0.29, 0.717) is 13.3 Å². The molecule has 4 heteroatoms. The highest BCUT2D eigenvalue weighted by atomic mass is 16.5. The molecule has 9 heavy (non-hydrogen) atoms. The molecule has 1 rings (SSSR count). The lowest BCUT2D eigenvalue weighted by molar-refractivity contribution is -0.128. The second-order valence-electron chi connectivity index (χ2n) is 1.87. The lowest BCUT2D eigenvalue weighted by Crippen LogP contribution is -2.34. The summed E-state index contributed by atoms with van der Waals surface area (Å²) in [4.78, 5) is 10.7. The van der Waals surface area contributed by atoms with Gasteiger partial charge in [0.05, 0.1) is 6.73 Å². The van der Waals surface area contributed by atoms with Gasteiger partial charge in [-0.05, 0) is 0 Å². The molecule has 0 saturated carbocycles. The summed E-state index contributed by atoms with van der Waals surface area (Å²) in [6.45, 7) is 1.11. The van der Waals surface area contributed by atoms with Crippen LogP contribution in [0, 0.1) is 0 Å². The largest absolute Gasteiger partial charge is 0.357 e. The molecule has 1 atom stereocenters. The smallest absolute Gasteiger partial charge is 0.250 e. The number of likely N-dealkylation sites (N-methyl/N-ethyl adjacent to an activating group) is 1. The average Bonchev–Trinajstić information content (AvgIpc) is 2.37. The Morgan fingerprint density at radius 2 is 2.67 bits per heavy atom. The molecule has 0 aromatic heterocycles. The van der Waals surface area contributed by atoms with E-state index < -0.39 is 0 Å². The molecule has 0 aliphatic carbocycles. The minimum Gasteiger partial charge on any atom is -0.357 e. The van der Waals surface area contributed by atoms with E-state index in [9.17, 15) is 4.79 Å².